The van der Waals surface area contributed by atoms with E-state index in [-0.39, 0.29) is 11.7 Å². The van der Waals surface area contributed by atoms with Gasteiger partial charge in [0.1, 0.15) is 16.3 Å². The molecule has 11 heteroatoms. The number of carbonyl (C=O) groups is 2. The number of methoxy groups -OCH3 is 2. The number of nitrogens with one attached hydrogen (secondary N) is 1. The Morgan fingerprint density at radius 3 is 2.56 bits per heavy atom. The Morgan fingerprint density at radius 2 is 1.82 bits per heavy atom. The zero-order valence-corrected chi connectivity index (χ0v) is 24.6. The van der Waals surface area contributed by atoms with Gasteiger partial charge in [-0.2, -0.15) is 0 Å². The number of aryl methyl sites for hydroxylation is 1. The fraction of sp³-hybridized carbons (Fsp3) is 0.357. The highest BCUT2D eigenvalue weighted by atomic mass is 32.2. The molecule has 5 rings (SSSR count). The van der Waals surface area contributed by atoms with Gasteiger partial charge in [-0.05, 0) is 55.4 Å². The van der Waals surface area contributed by atoms with Gasteiger partial charge in [-0.15, -0.1) is 32.9 Å². The summed E-state index contributed by atoms with van der Waals surface area (Å²) in [5.74, 6) is 1.01. The van der Waals surface area contributed by atoms with Crippen molar-refractivity contribution >= 4 is 51.3 Å². The first-order valence-corrected chi connectivity index (χ1v) is 15.6. The highest BCUT2D eigenvalue weighted by Crippen LogP contribution is 2.38. The summed E-state index contributed by atoms with van der Waals surface area (Å²) < 4.78 is 12.4. The Hall–Kier alpha value is -3.15. The first kappa shape index (κ1) is 27.4. The van der Waals surface area contributed by atoms with Crippen molar-refractivity contribution in [2.24, 2.45) is 0 Å². The molecular weight excluding hydrogens is 553 g/mol. The molecule has 3 aromatic heterocycles. The number of benzene rings is 1. The van der Waals surface area contributed by atoms with Crippen LogP contribution in [0.4, 0.5) is 5.00 Å². The number of hydrogen-bond donors (Lipinski definition) is 1. The van der Waals surface area contributed by atoms with E-state index in [4.69, 9.17) is 9.47 Å². The molecule has 1 aliphatic carbocycles. The van der Waals surface area contributed by atoms with Gasteiger partial charge in [-0.25, -0.2) is 4.79 Å². The number of nitrogens with zero attached hydrogens (tertiary/aromatic N) is 3. The van der Waals surface area contributed by atoms with E-state index in [0.29, 0.717) is 16.1 Å². The fourth-order valence-electron chi connectivity index (χ4n) is 4.73. The number of carbonyl (C=O) groups excluding carboxylic acids is 2. The van der Waals surface area contributed by atoms with E-state index in [9.17, 15) is 9.59 Å². The lowest BCUT2D eigenvalue weighted by atomic mass is 9.95. The average molecular weight is 583 g/mol. The van der Waals surface area contributed by atoms with Crippen LogP contribution in [0, 0.1) is 0 Å². The van der Waals surface area contributed by atoms with Gasteiger partial charge in [0.2, 0.25) is 5.91 Å². The standard InChI is InChI=1S/C28H30N4O4S3/c1-4-13-32-25(21-15-37-22-8-6-5-7-19(21)22)30-31-28(32)39-16-23(33)29-26-24(27(34)36-3)20(14-38-26)17-9-11-18(35-2)12-10-17/h9-12,14-15H,4-8,13,16H2,1-3H3,(H,29,33). The van der Waals surface area contributed by atoms with Crippen molar-refractivity contribution in [3.05, 3.63) is 51.0 Å². The zero-order valence-electron chi connectivity index (χ0n) is 22.1. The van der Waals surface area contributed by atoms with Gasteiger partial charge in [0.15, 0.2) is 11.0 Å². The monoisotopic (exact) mass is 582 g/mol. The molecule has 0 saturated carbocycles. The van der Waals surface area contributed by atoms with Crippen molar-refractivity contribution in [2.45, 2.75) is 50.7 Å². The Labute approximate surface area is 239 Å². The first-order valence-electron chi connectivity index (χ1n) is 12.8. The highest BCUT2D eigenvalue weighted by molar-refractivity contribution is 7.99. The number of thiophene rings is 2. The van der Waals surface area contributed by atoms with E-state index in [1.165, 1.54) is 59.1 Å². The number of fused-ring (bicyclic) bond motifs is 1. The summed E-state index contributed by atoms with van der Waals surface area (Å²) in [6, 6.07) is 7.40. The molecule has 3 heterocycles. The SMILES string of the molecule is CCCn1c(SCC(=O)Nc2scc(-c3ccc(OC)cc3)c2C(=O)OC)nnc1-c1csc2c1CCCC2. The molecule has 0 radical (unpaired) electrons. The number of aromatic nitrogens is 3. The average Bonchev–Trinajstić information content (AvgIpc) is 3.68. The van der Waals surface area contributed by atoms with Crippen LogP contribution < -0.4 is 10.1 Å². The predicted molar refractivity (Wildman–Crippen MR) is 157 cm³/mol. The minimum absolute atomic E-state index is 0.139. The van der Waals surface area contributed by atoms with Crippen LogP contribution in [-0.2, 0) is 28.9 Å². The van der Waals surface area contributed by atoms with E-state index in [1.54, 1.807) is 7.11 Å². The minimum atomic E-state index is -0.503. The maximum absolute atomic E-state index is 13.0. The third-order valence-electron chi connectivity index (χ3n) is 6.63. The minimum Gasteiger partial charge on any atom is -0.497 e. The van der Waals surface area contributed by atoms with Crippen molar-refractivity contribution in [1.29, 1.82) is 0 Å². The van der Waals surface area contributed by atoms with Crippen LogP contribution in [-0.4, -0.2) is 46.6 Å². The Kier molecular flexibility index (Phi) is 8.69. The maximum Gasteiger partial charge on any atom is 0.341 e. The van der Waals surface area contributed by atoms with E-state index in [0.717, 1.165) is 48.1 Å². The molecule has 0 bridgehead atoms. The van der Waals surface area contributed by atoms with Gasteiger partial charge < -0.3 is 19.4 Å². The van der Waals surface area contributed by atoms with Crippen molar-refractivity contribution in [3.8, 4) is 28.3 Å². The molecule has 39 heavy (non-hydrogen) atoms. The van der Waals surface area contributed by atoms with Gasteiger partial charge >= 0.3 is 5.97 Å². The Balaban J connectivity index is 1.33. The lowest BCUT2D eigenvalue weighted by Gasteiger charge is -2.13. The Morgan fingerprint density at radius 1 is 1.05 bits per heavy atom. The van der Waals surface area contributed by atoms with Crippen molar-refractivity contribution in [1.82, 2.24) is 14.8 Å². The van der Waals surface area contributed by atoms with Gasteiger partial charge in [0.05, 0.1) is 20.0 Å². The molecule has 0 atom stereocenters. The van der Waals surface area contributed by atoms with Gasteiger partial charge in [-0.1, -0.05) is 30.8 Å². The molecule has 1 amide bonds. The van der Waals surface area contributed by atoms with E-state index >= 15 is 0 Å². The number of amides is 1. The summed E-state index contributed by atoms with van der Waals surface area (Å²) >= 11 is 4.46. The lowest BCUT2D eigenvalue weighted by molar-refractivity contribution is -0.113. The Bertz CT molecular complexity index is 1470. The van der Waals surface area contributed by atoms with Crippen LogP contribution in [0.5, 0.6) is 5.75 Å². The molecule has 1 N–H and O–H groups in total. The predicted octanol–water partition coefficient (Wildman–Crippen LogP) is 6.55. The third-order valence-corrected chi connectivity index (χ3v) is 9.58. The zero-order chi connectivity index (χ0) is 27.4. The number of esters is 1. The number of anilines is 1. The summed E-state index contributed by atoms with van der Waals surface area (Å²) in [4.78, 5) is 27.2. The second-order valence-electron chi connectivity index (χ2n) is 9.13. The number of thioether (sulfide) groups is 1. The van der Waals surface area contributed by atoms with Crippen LogP contribution in [0.25, 0.3) is 22.5 Å². The molecular formula is C28H30N4O4S3. The van der Waals surface area contributed by atoms with E-state index < -0.39 is 5.97 Å². The summed E-state index contributed by atoms with van der Waals surface area (Å²) in [5, 5.41) is 17.1. The smallest absolute Gasteiger partial charge is 0.341 e. The second kappa shape index (κ2) is 12.4. The molecule has 0 unspecified atom stereocenters. The van der Waals surface area contributed by atoms with Gasteiger partial charge in [0, 0.05) is 33.3 Å². The molecule has 1 aliphatic rings. The van der Waals surface area contributed by atoms with Crippen LogP contribution in [0.2, 0.25) is 0 Å². The third kappa shape index (κ3) is 5.75. The van der Waals surface area contributed by atoms with Gasteiger partial charge in [0.25, 0.3) is 0 Å². The molecule has 0 spiro atoms. The fourth-order valence-corrected chi connectivity index (χ4v) is 7.59. The number of hydrogen-bond acceptors (Lipinski definition) is 9. The normalized spacial score (nSPS) is 12.7. The quantitative estimate of drug-likeness (QED) is 0.167. The van der Waals surface area contributed by atoms with Crippen LogP contribution in [0.3, 0.4) is 0 Å². The summed E-state index contributed by atoms with van der Waals surface area (Å²) in [7, 11) is 2.94. The van der Waals surface area contributed by atoms with Crippen molar-refractivity contribution in [2.75, 3.05) is 25.3 Å². The largest absolute Gasteiger partial charge is 0.497 e. The lowest BCUT2D eigenvalue weighted by Crippen LogP contribution is -2.16. The van der Waals surface area contributed by atoms with Crippen LogP contribution in [0.1, 0.15) is 47.0 Å². The molecule has 1 aromatic carbocycles. The van der Waals surface area contributed by atoms with Gasteiger partial charge in [-0.3, -0.25) is 4.79 Å². The number of ether oxygens (including phenoxy) is 2. The molecule has 0 fully saturated rings. The topological polar surface area (TPSA) is 95.3 Å². The molecule has 4 aromatic rings. The van der Waals surface area contributed by atoms with Crippen molar-refractivity contribution < 1.29 is 19.1 Å². The second-order valence-corrected chi connectivity index (χ2v) is 11.9. The summed E-state index contributed by atoms with van der Waals surface area (Å²) in [5.41, 5.74) is 4.46. The maximum atomic E-state index is 13.0. The summed E-state index contributed by atoms with van der Waals surface area (Å²) in [6.45, 7) is 2.90. The highest BCUT2D eigenvalue weighted by Gasteiger charge is 2.24. The number of rotatable bonds is 10. The summed E-state index contributed by atoms with van der Waals surface area (Å²) in [6.07, 6.45) is 5.61. The van der Waals surface area contributed by atoms with E-state index in [2.05, 4.69) is 32.4 Å². The van der Waals surface area contributed by atoms with Crippen LogP contribution in [0.15, 0.2) is 40.2 Å². The van der Waals surface area contributed by atoms with Crippen LogP contribution >= 0.6 is 34.4 Å². The molecule has 204 valence electrons. The molecule has 0 aliphatic heterocycles. The van der Waals surface area contributed by atoms with Crippen molar-refractivity contribution in [3.63, 3.8) is 0 Å². The first-order chi connectivity index (χ1) is 19.0. The molecule has 0 saturated heterocycles. The van der Waals surface area contributed by atoms with E-state index in [1.807, 2.05) is 41.0 Å². The molecule has 8 nitrogen and oxygen atoms in total.